The van der Waals surface area contributed by atoms with Gasteiger partial charge in [0, 0.05) is 25.0 Å². The van der Waals surface area contributed by atoms with Crippen LogP contribution in [0.1, 0.15) is 56.6 Å². The van der Waals surface area contributed by atoms with E-state index in [4.69, 9.17) is 5.26 Å². The molecular weight excluding hydrogens is 396 g/mol. The topological polar surface area (TPSA) is 59.7 Å². The molecule has 0 saturated carbocycles. The second-order valence-electron chi connectivity index (χ2n) is 8.53. The fraction of sp³-hybridized carbons (Fsp3) is 0.444. The van der Waals surface area contributed by atoms with Crippen LogP contribution in [0.4, 0.5) is 0 Å². The van der Waals surface area contributed by atoms with E-state index in [1.54, 1.807) is 37.3 Å². The molecule has 1 amide bonds. The minimum atomic E-state index is -0.365. The van der Waals surface area contributed by atoms with Crippen LogP contribution >= 0.6 is 0 Å². The van der Waals surface area contributed by atoms with Crippen LogP contribution in [0, 0.1) is 11.3 Å². The first-order valence-electron chi connectivity index (χ1n) is 11.4. The Balaban J connectivity index is 1.83. The Hall–Kier alpha value is -2.97. The largest absolute Gasteiger partial charge is 0.375 e. The smallest absolute Gasteiger partial charge is 0.253 e. The molecule has 0 aliphatic carbocycles. The van der Waals surface area contributed by atoms with Gasteiger partial charge in [0.2, 0.25) is 0 Å². The molecule has 1 aliphatic rings. The molecule has 32 heavy (non-hydrogen) atoms. The number of hydrogen-bond donors (Lipinski definition) is 0. The maximum absolute atomic E-state index is 12.5. The van der Waals surface area contributed by atoms with E-state index in [9.17, 15) is 4.79 Å². The lowest BCUT2D eigenvalue weighted by molar-refractivity contribution is -0.118. The first-order valence-corrected chi connectivity index (χ1v) is 11.4. The molecule has 170 valence electrons. The quantitative estimate of drug-likeness (QED) is 0.382. The summed E-state index contributed by atoms with van der Waals surface area (Å²) in [6.07, 6.45) is 8.77. The van der Waals surface area contributed by atoms with Crippen molar-refractivity contribution >= 4 is 11.6 Å². The molecule has 1 heterocycles. The van der Waals surface area contributed by atoms with Gasteiger partial charge in [-0.15, -0.1) is 0 Å². The third-order valence-electron chi connectivity index (χ3n) is 5.97. The SMILES string of the molecule is C=C(/C=C\C(C)=NC(=O)C(C)c1ccc(C#N)cc1)C(=C)N(C)CCCN1CCCCC1. The summed E-state index contributed by atoms with van der Waals surface area (Å²) < 4.78 is 0. The van der Waals surface area contributed by atoms with Crippen molar-refractivity contribution in [2.75, 3.05) is 33.2 Å². The Morgan fingerprint density at radius 2 is 1.88 bits per heavy atom. The highest BCUT2D eigenvalue weighted by molar-refractivity contribution is 6.02. The first kappa shape index (κ1) is 25.3. The van der Waals surface area contributed by atoms with Crippen molar-refractivity contribution in [3.05, 3.63) is 72.0 Å². The molecule has 0 radical (unpaired) electrons. The van der Waals surface area contributed by atoms with E-state index in [1.807, 2.05) is 20.0 Å². The van der Waals surface area contributed by atoms with Crippen molar-refractivity contribution in [2.45, 2.75) is 45.4 Å². The summed E-state index contributed by atoms with van der Waals surface area (Å²) in [5.41, 5.74) is 3.74. The molecule has 1 fully saturated rings. The normalized spacial score (nSPS) is 15.9. The molecule has 0 aromatic heterocycles. The number of carbonyl (C=O) groups excluding carboxylic acids is 1. The maximum Gasteiger partial charge on any atom is 0.253 e. The van der Waals surface area contributed by atoms with Crippen LogP contribution in [0.3, 0.4) is 0 Å². The van der Waals surface area contributed by atoms with Gasteiger partial charge in [-0.1, -0.05) is 37.8 Å². The van der Waals surface area contributed by atoms with E-state index in [2.05, 4.69) is 34.0 Å². The second kappa shape index (κ2) is 12.8. The van der Waals surface area contributed by atoms with Gasteiger partial charge >= 0.3 is 0 Å². The lowest BCUT2D eigenvalue weighted by Crippen LogP contribution is -2.32. The number of piperidine rings is 1. The number of nitriles is 1. The lowest BCUT2D eigenvalue weighted by Gasteiger charge is -2.28. The number of carbonyl (C=O) groups is 1. The van der Waals surface area contributed by atoms with Crippen molar-refractivity contribution in [1.29, 1.82) is 5.26 Å². The molecule has 1 aliphatic heterocycles. The van der Waals surface area contributed by atoms with E-state index in [-0.39, 0.29) is 11.8 Å². The van der Waals surface area contributed by atoms with Crippen LogP contribution in [-0.4, -0.2) is 54.6 Å². The zero-order valence-electron chi connectivity index (χ0n) is 19.8. The molecule has 1 unspecified atom stereocenters. The molecule has 0 spiro atoms. The standard InChI is InChI=1S/C27H36N4O/c1-21(24(4)30(5)16-9-19-31-17-7-6-8-18-31)10-11-22(2)29-27(32)23(3)26-14-12-25(20-28)13-15-26/h10-15,23H,1,4,6-9,16-19H2,2-3,5H3/b11-10-,29-22?. The molecule has 1 atom stereocenters. The Labute approximate surface area is 193 Å². The maximum atomic E-state index is 12.5. The number of hydrogen-bond acceptors (Lipinski definition) is 4. The highest BCUT2D eigenvalue weighted by Crippen LogP contribution is 2.18. The Kier molecular flexibility index (Phi) is 10.1. The average Bonchev–Trinajstić information content (AvgIpc) is 2.82. The molecule has 1 aromatic carbocycles. The second-order valence-corrected chi connectivity index (χ2v) is 8.53. The van der Waals surface area contributed by atoms with Crippen LogP contribution < -0.4 is 0 Å². The van der Waals surface area contributed by atoms with E-state index < -0.39 is 0 Å². The number of rotatable bonds is 10. The van der Waals surface area contributed by atoms with Crippen molar-refractivity contribution in [3.8, 4) is 6.07 Å². The zero-order valence-corrected chi connectivity index (χ0v) is 19.8. The first-order chi connectivity index (χ1) is 15.3. The van der Waals surface area contributed by atoms with E-state index in [0.717, 1.165) is 36.3 Å². The van der Waals surface area contributed by atoms with Crippen LogP contribution in [0.2, 0.25) is 0 Å². The van der Waals surface area contributed by atoms with Gasteiger partial charge < -0.3 is 9.80 Å². The van der Waals surface area contributed by atoms with Crippen LogP contribution in [-0.2, 0) is 4.79 Å². The minimum Gasteiger partial charge on any atom is -0.375 e. The predicted molar refractivity (Wildman–Crippen MR) is 133 cm³/mol. The number of likely N-dealkylation sites (N-methyl/N-ethyl adjacent to an activating group) is 1. The molecular formula is C27H36N4O. The number of benzene rings is 1. The number of allylic oxidation sites excluding steroid dienone is 2. The van der Waals surface area contributed by atoms with Crippen molar-refractivity contribution in [2.24, 2.45) is 4.99 Å². The van der Waals surface area contributed by atoms with Gasteiger partial charge in [-0.2, -0.15) is 5.26 Å². The Bertz CT molecular complexity index is 899. The van der Waals surface area contributed by atoms with E-state index in [1.165, 1.54) is 32.4 Å². The van der Waals surface area contributed by atoms with Crippen molar-refractivity contribution < 1.29 is 4.79 Å². The fourth-order valence-corrected chi connectivity index (χ4v) is 3.71. The van der Waals surface area contributed by atoms with Crippen molar-refractivity contribution in [3.63, 3.8) is 0 Å². The highest BCUT2D eigenvalue weighted by atomic mass is 16.1. The average molecular weight is 433 g/mol. The zero-order chi connectivity index (χ0) is 23.5. The van der Waals surface area contributed by atoms with Crippen LogP contribution in [0.15, 0.2) is 65.8 Å². The van der Waals surface area contributed by atoms with Gasteiger partial charge in [0.25, 0.3) is 5.91 Å². The monoisotopic (exact) mass is 432 g/mol. The fourth-order valence-electron chi connectivity index (χ4n) is 3.71. The van der Waals surface area contributed by atoms with Gasteiger partial charge in [-0.05, 0) is 82.1 Å². The van der Waals surface area contributed by atoms with Crippen LogP contribution in [0.25, 0.3) is 0 Å². The Morgan fingerprint density at radius 3 is 2.50 bits per heavy atom. The molecule has 1 saturated heterocycles. The number of amides is 1. The van der Waals surface area contributed by atoms with Gasteiger partial charge in [0.1, 0.15) is 0 Å². The van der Waals surface area contributed by atoms with Gasteiger partial charge in [-0.3, -0.25) is 4.79 Å². The molecule has 1 aromatic rings. The van der Waals surface area contributed by atoms with Gasteiger partial charge in [0.05, 0.1) is 17.6 Å². The molecule has 2 rings (SSSR count). The van der Waals surface area contributed by atoms with E-state index in [0.29, 0.717) is 11.3 Å². The number of nitrogens with zero attached hydrogens (tertiary/aromatic N) is 4. The third-order valence-corrected chi connectivity index (χ3v) is 5.97. The van der Waals surface area contributed by atoms with Crippen molar-refractivity contribution in [1.82, 2.24) is 9.80 Å². The molecule has 0 N–H and O–H groups in total. The van der Waals surface area contributed by atoms with E-state index >= 15 is 0 Å². The lowest BCUT2D eigenvalue weighted by atomic mass is 9.99. The van der Waals surface area contributed by atoms with Gasteiger partial charge in [0.15, 0.2) is 0 Å². The molecule has 5 heteroatoms. The summed E-state index contributed by atoms with van der Waals surface area (Å²) in [4.78, 5) is 21.4. The summed E-state index contributed by atoms with van der Waals surface area (Å²) in [5, 5.41) is 8.90. The number of aliphatic imine (C=N–C) groups is 1. The summed E-state index contributed by atoms with van der Waals surface area (Å²) in [6.45, 7) is 16.4. The van der Waals surface area contributed by atoms with Gasteiger partial charge in [-0.25, -0.2) is 4.99 Å². The molecule has 0 bridgehead atoms. The summed E-state index contributed by atoms with van der Waals surface area (Å²) in [7, 11) is 2.04. The summed E-state index contributed by atoms with van der Waals surface area (Å²) >= 11 is 0. The molecule has 5 nitrogen and oxygen atoms in total. The Morgan fingerprint density at radius 1 is 1.22 bits per heavy atom. The minimum absolute atomic E-state index is 0.212. The number of likely N-dealkylation sites (tertiary alicyclic amines) is 1. The summed E-state index contributed by atoms with van der Waals surface area (Å²) in [6, 6.07) is 9.12. The third kappa shape index (κ3) is 7.94. The van der Waals surface area contributed by atoms with Crippen LogP contribution in [0.5, 0.6) is 0 Å². The highest BCUT2D eigenvalue weighted by Gasteiger charge is 2.14. The summed E-state index contributed by atoms with van der Waals surface area (Å²) in [5.74, 6) is -0.577. The predicted octanol–water partition coefficient (Wildman–Crippen LogP) is 5.08.